The van der Waals surface area contributed by atoms with Gasteiger partial charge in [-0.25, -0.2) is 0 Å². The molecule has 2 nitrogen and oxygen atoms in total. The summed E-state index contributed by atoms with van der Waals surface area (Å²) in [6.07, 6.45) is 1.60. The maximum atomic E-state index is 11.6. The molecule has 4 heteroatoms. The lowest BCUT2D eigenvalue weighted by molar-refractivity contribution is -0.142. The molecule has 16 heavy (non-hydrogen) atoms. The van der Waals surface area contributed by atoms with E-state index in [0.29, 0.717) is 16.5 Å². The van der Waals surface area contributed by atoms with Gasteiger partial charge in [-0.3, -0.25) is 4.79 Å². The second kappa shape index (κ2) is 6.12. The molecule has 0 aromatic heterocycles. The third-order valence-corrected chi connectivity index (χ3v) is 2.96. The molecule has 0 amide bonds. The van der Waals surface area contributed by atoms with Crippen molar-refractivity contribution < 1.29 is 9.53 Å². The van der Waals surface area contributed by atoms with Crippen LogP contribution in [0.2, 0.25) is 10.0 Å². The Balaban J connectivity index is 3.05. The Labute approximate surface area is 106 Å². The van der Waals surface area contributed by atoms with Crippen molar-refractivity contribution in [2.75, 3.05) is 7.11 Å². The lowest BCUT2D eigenvalue weighted by Gasteiger charge is -2.15. The standard InChI is InChI=1S/C12H14Cl2O2/c1-3-4-10(12(15)16-2)9-6-5-8(13)7-11(9)14/h5-7,10H,3-4H2,1-2H3/t10-/m1/s1. The van der Waals surface area contributed by atoms with E-state index in [4.69, 9.17) is 27.9 Å². The van der Waals surface area contributed by atoms with Crippen LogP contribution < -0.4 is 0 Å². The minimum absolute atomic E-state index is 0.258. The molecule has 0 saturated heterocycles. The van der Waals surface area contributed by atoms with Crippen molar-refractivity contribution in [3.05, 3.63) is 33.8 Å². The average molecular weight is 261 g/mol. The highest BCUT2D eigenvalue weighted by Crippen LogP contribution is 2.31. The molecule has 0 bridgehead atoms. The molecule has 0 radical (unpaired) electrons. The number of carbonyl (C=O) groups excluding carboxylic acids is 1. The number of benzene rings is 1. The lowest BCUT2D eigenvalue weighted by atomic mass is 9.94. The van der Waals surface area contributed by atoms with Gasteiger partial charge in [0.2, 0.25) is 0 Å². The Morgan fingerprint density at radius 3 is 2.62 bits per heavy atom. The van der Waals surface area contributed by atoms with Crippen molar-refractivity contribution in [3.8, 4) is 0 Å². The molecule has 1 aromatic carbocycles. The summed E-state index contributed by atoms with van der Waals surface area (Å²) in [5, 5.41) is 1.07. The van der Waals surface area contributed by atoms with Crippen LogP contribution in [0, 0.1) is 0 Å². The lowest BCUT2D eigenvalue weighted by Crippen LogP contribution is -2.14. The van der Waals surface area contributed by atoms with Crippen LogP contribution in [0.3, 0.4) is 0 Å². The Bertz CT molecular complexity index is 377. The van der Waals surface area contributed by atoms with E-state index in [0.717, 1.165) is 12.0 Å². The summed E-state index contributed by atoms with van der Waals surface area (Å²) < 4.78 is 4.77. The van der Waals surface area contributed by atoms with E-state index in [2.05, 4.69) is 0 Å². The summed E-state index contributed by atoms with van der Waals surface area (Å²) in [6, 6.07) is 5.15. The van der Waals surface area contributed by atoms with E-state index in [1.807, 2.05) is 6.92 Å². The summed E-state index contributed by atoms with van der Waals surface area (Å²) in [7, 11) is 1.38. The molecule has 0 unspecified atom stereocenters. The molecule has 0 aliphatic carbocycles. The van der Waals surface area contributed by atoms with Gasteiger partial charge in [0.1, 0.15) is 0 Å². The zero-order valence-corrected chi connectivity index (χ0v) is 10.8. The summed E-state index contributed by atoms with van der Waals surface area (Å²) in [6.45, 7) is 2.01. The third kappa shape index (κ3) is 3.13. The van der Waals surface area contributed by atoms with Crippen LogP contribution in [-0.4, -0.2) is 13.1 Å². The predicted octanol–water partition coefficient (Wildman–Crippen LogP) is 4.05. The number of hydrogen-bond donors (Lipinski definition) is 0. The Hall–Kier alpha value is -0.730. The Morgan fingerprint density at radius 2 is 2.12 bits per heavy atom. The van der Waals surface area contributed by atoms with Crippen LogP contribution in [0.4, 0.5) is 0 Å². The monoisotopic (exact) mass is 260 g/mol. The van der Waals surface area contributed by atoms with Crippen LogP contribution in [-0.2, 0) is 9.53 Å². The molecule has 1 aromatic rings. The largest absolute Gasteiger partial charge is 0.469 e. The quantitative estimate of drug-likeness (QED) is 0.764. The molecule has 0 saturated carbocycles. The van der Waals surface area contributed by atoms with Gasteiger partial charge in [0, 0.05) is 10.0 Å². The van der Waals surface area contributed by atoms with Gasteiger partial charge in [-0.15, -0.1) is 0 Å². The van der Waals surface area contributed by atoms with Crippen molar-refractivity contribution in [2.45, 2.75) is 25.7 Å². The summed E-state index contributed by atoms with van der Waals surface area (Å²) in [5.41, 5.74) is 0.778. The first kappa shape index (κ1) is 13.3. The fourth-order valence-corrected chi connectivity index (χ4v) is 2.16. The van der Waals surface area contributed by atoms with Gasteiger partial charge in [0.25, 0.3) is 0 Å². The van der Waals surface area contributed by atoms with E-state index in [9.17, 15) is 4.79 Å². The molecule has 0 heterocycles. The first-order valence-electron chi connectivity index (χ1n) is 5.13. The number of esters is 1. The van der Waals surface area contributed by atoms with Gasteiger partial charge in [-0.05, 0) is 24.1 Å². The van der Waals surface area contributed by atoms with Crippen LogP contribution in [0.1, 0.15) is 31.2 Å². The van der Waals surface area contributed by atoms with E-state index in [1.54, 1.807) is 18.2 Å². The Kier molecular flexibility index (Phi) is 5.10. The van der Waals surface area contributed by atoms with Crippen molar-refractivity contribution in [3.63, 3.8) is 0 Å². The van der Waals surface area contributed by atoms with Crippen LogP contribution in [0.5, 0.6) is 0 Å². The smallest absolute Gasteiger partial charge is 0.313 e. The molecule has 88 valence electrons. The second-order valence-electron chi connectivity index (χ2n) is 3.53. The van der Waals surface area contributed by atoms with Crippen LogP contribution >= 0.6 is 23.2 Å². The molecule has 0 spiro atoms. The van der Waals surface area contributed by atoms with Gasteiger partial charge >= 0.3 is 5.97 Å². The molecular formula is C12H14Cl2O2. The number of halogens is 2. The van der Waals surface area contributed by atoms with Gasteiger partial charge in [0.05, 0.1) is 13.0 Å². The number of methoxy groups -OCH3 is 1. The maximum absolute atomic E-state index is 11.6. The van der Waals surface area contributed by atoms with Crippen molar-refractivity contribution >= 4 is 29.2 Å². The van der Waals surface area contributed by atoms with Gasteiger partial charge < -0.3 is 4.74 Å². The number of hydrogen-bond acceptors (Lipinski definition) is 2. The molecule has 0 aliphatic heterocycles. The van der Waals surface area contributed by atoms with Crippen LogP contribution in [0.15, 0.2) is 18.2 Å². The number of carbonyl (C=O) groups is 1. The minimum Gasteiger partial charge on any atom is -0.469 e. The van der Waals surface area contributed by atoms with Gasteiger partial charge in [-0.1, -0.05) is 42.6 Å². The zero-order chi connectivity index (χ0) is 12.1. The maximum Gasteiger partial charge on any atom is 0.313 e. The molecule has 0 N–H and O–H groups in total. The van der Waals surface area contributed by atoms with E-state index >= 15 is 0 Å². The summed E-state index contributed by atoms with van der Waals surface area (Å²) >= 11 is 11.9. The van der Waals surface area contributed by atoms with E-state index in [1.165, 1.54) is 7.11 Å². The Morgan fingerprint density at radius 1 is 1.44 bits per heavy atom. The average Bonchev–Trinajstić information content (AvgIpc) is 2.26. The molecular weight excluding hydrogens is 247 g/mol. The molecule has 0 fully saturated rings. The first-order valence-corrected chi connectivity index (χ1v) is 5.88. The van der Waals surface area contributed by atoms with Crippen molar-refractivity contribution in [2.24, 2.45) is 0 Å². The van der Waals surface area contributed by atoms with Gasteiger partial charge in [0.15, 0.2) is 0 Å². The fourth-order valence-electron chi connectivity index (χ4n) is 1.62. The summed E-state index contributed by atoms with van der Waals surface area (Å²) in [5.74, 6) is -0.564. The van der Waals surface area contributed by atoms with Crippen molar-refractivity contribution in [1.29, 1.82) is 0 Å². The zero-order valence-electron chi connectivity index (χ0n) is 9.30. The third-order valence-electron chi connectivity index (χ3n) is 2.40. The van der Waals surface area contributed by atoms with E-state index < -0.39 is 0 Å². The predicted molar refractivity (Wildman–Crippen MR) is 66.1 cm³/mol. The van der Waals surface area contributed by atoms with Crippen molar-refractivity contribution in [1.82, 2.24) is 0 Å². The summed E-state index contributed by atoms with van der Waals surface area (Å²) in [4.78, 5) is 11.6. The molecule has 1 atom stereocenters. The molecule has 1 rings (SSSR count). The highest BCUT2D eigenvalue weighted by Gasteiger charge is 2.22. The van der Waals surface area contributed by atoms with Crippen LogP contribution in [0.25, 0.3) is 0 Å². The second-order valence-corrected chi connectivity index (χ2v) is 4.37. The highest BCUT2D eigenvalue weighted by molar-refractivity contribution is 6.35. The number of ether oxygens (including phenoxy) is 1. The minimum atomic E-state index is -0.306. The van der Waals surface area contributed by atoms with Gasteiger partial charge in [-0.2, -0.15) is 0 Å². The number of rotatable bonds is 4. The van der Waals surface area contributed by atoms with E-state index in [-0.39, 0.29) is 11.9 Å². The first-order chi connectivity index (χ1) is 7.60. The topological polar surface area (TPSA) is 26.3 Å². The highest BCUT2D eigenvalue weighted by atomic mass is 35.5. The normalized spacial score (nSPS) is 12.2. The fraction of sp³-hybridized carbons (Fsp3) is 0.417. The SMILES string of the molecule is CCC[C@@H](C(=O)OC)c1ccc(Cl)cc1Cl. The molecule has 0 aliphatic rings.